The Morgan fingerprint density at radius 3 is 2.21 bits per heavy atom. The fourth-order valence-corrected chi connectivity index (χ4v) is 4.24. The molecule has 0 amide bonds. The van der Waals surface area contributed by atoms with E-state index in [0.717, 1.165) is 12.3 Å². The van der Waals surface area contributed by atoms with E-state index in [2.05, 4.69) is 6.92 Å². The lowest BCUT2D eigenvalue weighted by Crippen LogP contribution is -2.15. The summed E-state index contributed by atoms with van der Waals surface area (Å²) in [6, 6.07) is 2.93. The van der Waals surface area contributed by atoms with Gasteiger partial charge < -0.3 is 4.74 Å². The summed E-state index contributed by atoms with van der Waals surface area (Å²) in [7, 11) is 0. The highest BCUT2D eigenvalue weighted by Crippen LogP contribution is 2.35. The third-order valence-electron chi connectivity index (χ3n) is 6.14. The molecule has 0 radical (unpaired) electrons. The largest absolute Gasteiger partial charge is 0.423 e. The Hall–Kier alpha value is -1.45. The molecule has 0 spiro atoms. The van der Waals surface area contributed by atoms with E-state index in [1.807, 2.05) is 0 Å². The lowest BCUT2D eigenvalue weighted by Gasteiger charge is -2.28. The van der Waals surface area contributed by atoms with Gasteiger partial charge in [0, 0.05) is 6.42 Å². The molecule has 0 heterocycles. The molecular formula is C24H36F2O2. The standard InChI is InChI=1S/C24H36F2O2/c1-3-5-6-7-8-9-18-10-12-19(13-11-18)14-15-20-16-17-21(24(26)23(20)25)28-22(27)4-2/h16-19H,3-15H2,1-2H3. The van der Waals surface area contributed by atoms with E-state index in [9.17, 15) is 13.6 Å². The summed E-state index contributed by atoms with van der Waals surface area (Å²) < 4.78 is 33.2. The van der Waals surface area contributed by atoms with Crippen molar-refractivity contribution in [3.05, 3.63) is 29.3 Å². The van der Waals surface area contributed by atoms with Crippen molar-refractivity contribution in [3.8, 4) is 5.75 Å². The molecule has 1 fully saturated rings. The first kappa shape index (κ1) is 22.8. The number of hydrogen-bond donors (Lipinski definition) is 0. The lowest BCUT2D eigenvalue weighted by molar-refractivity contribution is -0.134. The Morgan fingerprint density at radius 1 is 0.929 bits per heavy atom. The number of hydrogen-bond acceptors (Lipinski definition) is 2. The molecule has 2 rings (SSSR count). The van der Waals surface area contributed by atoms with E-state index < -0.39 is 17.6 Å². The Balaban J connectivity index is 1.73. The molecule has 0 saturated heterocycles. The van der Waals surface area contributed by atoms with Gasteiger partial charge in [-0.05, 0) is 36.3 Å². The molecule has 2 nitrogen and oxygen atoms in total. The fraction of sp³-hybridized carbons (Fsp3) is 0.708. The predicted octanol–water partition coefficient (Wildman–Crippen LogP) is 7.38. The Morgan fingerprint density at radius 2 is 1.57 bits per heavy atom. The van der Waals surface area contributed by atoms with Crippen LogP contribution in [0, 0.1) is 23.5 Å². The van der Waals surface area contributed by atoms with Gasteiger partial charge in [0.15, 0.2) is 11.6 Å². The van der Waals surface area contributed by atoms with Crippen LogP contribution in [0.15, 0.2) is 12.1 Å². The number of esters is 1. The summed E-state index contributed by atoms with van der Waals surface area (Å²) >= 11 is 0. The van der Waals surface area contributed by atoms with Crippen LogP contribution in [0.2, 0.25) is 0 Å². The highest BCUT2D eigenvalue weighted by atomic mass is 19.2. The second-order valence-electron chi connectivity index (χ2n) is 8.31. The van der Waals surface area contributed by atoms with Crippen molar-refractivity contribution in [2.75, 3.05) is 0 Å². The van der Waals surface area contributed by atoms with Crippen LogP contribution in [-0.2, 0) is 11.2 Å². The highest BCUT2D eigenvalue weighted by molar-refractivity contribution is 5.72. The zero-order valence-electron chi connectivity index (χ0n) is 17.6. The molecule has 4 heteroatoms. The van der Waals surface area contributed by atoms with E-state index in [1.54, 1.807) is 13.0 Å². The van der Waals surface area contributed by atoms with Crippen molar-refractivity contribution in [2.45, 2.75) is 97.3 Å². The normalized spacial score (nSPS) is 19.6. The first-order valence-electron chi connectivity index (χ1n) is 11.2. The number of rotatable bonds is 11. The third-order valence-corrected chi connectivity index (χ3v) is 6.14. The third kappa shape index (κ3) is 7.18. The van der Waals surface area contributed by atoms with Crippen molar-refractivity contribution in [2.24, 2.45) is 11.8 Å². The van der Waals surface area contributed by atoms with Gasteiger partial charge in [0.05, 0.1) is 0 Å². The molecular weight excluding hydrogens is 358 g/mol. The van der Waals surface area contributed by atoms with Gasteiger partial charge in [0.2, 0.25) is 5.82 Å². The minimum Gasteiger partial charge on any atom is -0.423 e. The molecule has 1 aliphatic rings. The number of halogens is 2. The van der Waals surface area contributed by atoms with Gasteiger partial charge in [-0.25, -0.2) is 4.39 Å². The highest BCUT2D eigenvalue weighted by Gasteiger charge is 2.22. The Bertz CT molecular complexity index is 607. The lowest BCUT2D eigenvalue weighted by atomic mass is 9.77. The van der Waals surface area contributed by atoms with Gasteiger partial charge in [-0.2, -0.15) is 4.39 Å². The van der Waals surface area contributed by atoms with Crippen LogP contribution in [-0.4, -0.2) is 5.97 Å². The maximum atomic E-state index is 14.3. The first-order chi connectivity index (χ1) is 13.5. The number of carbonyl (C=O) groups is 1. The quantitative estimate of drug-likeness (QED) is 0.222. The molecule has 0 N–H and O–H groups in total. The Labute approximate surface area is 169 Å². The summed E-state index contributed by atoms with van der Waals surface area (Å²) in [6.07, 6.45) is 14.6. The average molecular weight is 395 g/mol. The number of benzene rings is 1. The zero-order valence-corrected chi connectivity index (χ0v) is 17.6. The van der Waals surface area contributed by atoms with E-state index >= 15 is 0 Å². The topological polar surface area (TPSA) is 26.3 Å². The van der Waals surface area contributed by atoms with Crippen LogP contribution in [0.3, 0.4) is 0 Å². The van der Waals surface area contributed by atoms with Crippen LogP contribution in [0.5, 0.6) is 5.75 Å². The molecule has 0 atom stereocenters. The maximum Gasteiger partial charge on any atom is 0.311 e. The van der Waals surface area contributed by atoms with E-state index in [-0.39, 0.29) is 12.2 Å². The predicted molar refractivity (Wildman–Crippen MR) is 109 cm³/mol. The summed E-state index contributed by atoms with van der Waals surface area (Å²) in [4.78, 5) is 11.3. The van der Waals surface area contributed by atoms with Crippen LogP contribution < -0.4 is 4.74 Å². The second-order valence-corrected chi connectivity index (χ2v) is 8.31. The first-order valence-corrected chi connectivity index (χ1v) is 11.2. The summed E-state index contributed by atoms with van der Waals surface area (Å²) in [6.45, 7) is 3.86. The molecule has 158 valence electrons. The second kappa shape index (κ2) is 12.2. The van der Waals surface area contributed by atoms with Gasteiger partial charge in [-0.1, -0.05) is 84.1 Å². The molecule has 1 aliphatic carbocycles. The molecule has 1 aromatic carbocycles. The summed E-state index contributed by atoms with van der Waals surface area (Å²) in [5.41, 5.74) is 0.381. The van der Waals surface area contributed by atoms with E-state index in [1.165, 1.54) is 70.3 Å². The molecule has 0 bridgehead atoms. The molecule has 28 heavy (non-hydrogen) atoms. The molecule has 1 saturated carbocycles. The fourth-order valence-electron chi connectivity index (χ4n) is 4.24. The number of unbranched alkanes of at least 4 members (excludes halogenated alkanes) is 4. The van der Waals surface area contributed by atoms with E-state index in [4.69, 9.17) is 4.74 Å². The van der Waals surface area contributed by atoms with Crippen molar-refractivity contribution in [1.29, 1.82) is 0 Å². The van der Waals surface area contributed by atoms with Gasteiger partial charge in [0.25, 0.3) is 0 Å². The smallest absolute Gasteiger partial charge is 0.311 e. The van der Waals surface area contributed by atoms with Crippen molar-refractivity contribution in [1.82, 2.24) is 0 Å². The summed E-state index contributed by atoms with van der Waals surface area (Å²) in [5.74, 6) is -1.33. The Kier molecular flexibility index (Phi) is 9.94. The van der Waals surface area contributed by atoms with Gasteiger partial charge in [-0.3, -0.25) is 4.79 Å². The minimum absolute atomic E-state index is 0.129. The van der Waals surface area contributed by atoms with Gasteiger partial charge in [-0.15, -0.1) is 0 Å². The number of aryl methyl sites for hydroxylation is 1. The van der Waals surface area contributed by atoms with Crippen molar-refractivity contribution < 1.29 is 18.3 Å². The van der Waals surface area contributed by atoms with Crippen molar-refractivity contribution >= 4 is 5.97 Å². The van der Waals surface area contributed by atoms with Crippen LogP contribution in [0.25, 0.3) is 0 Å². The van der Waals surface area contributed by atoms with Gasteiger partial charge in [0.1, 0.15) is 0 Å². The minimum atomic E-state index is -1.05. The van der Waals surface area contributed by atoms with E-state index in [0.29, 0.717) is 17.9 Å². The van der Waals surface area contributed by atoms with Crippen molar-refractivity contribution in [3.63, 3.8) is 0 Å². The molecule has 0 aliphatic heterocycles. The number of carbonyl (C=O) groups excluding carboxylic acids is 1. The van der Waals surface area contributed by atoms with Gasteiger partial charge >= 0.3 is 5.97 Å². The SMILES string of the molecule is CCCCCCCC1CCC(CCc2ccc(OC(=O)CC)c(F)c2F)CC1. The molecule has 0 aromatic heterocycles. The van der Waals surface area contributed by atoms with Crippen LogP contribution >= 0.6 is 0 Å². The molecule has 0 unspecified atom stereocenters. The van der Waals surface area contributed by atoms with Crippen LogP contribution in [0.1, 0.15) is 96.5 Å². The molecule has 1 aromatic rings. The monoisotopic (exact) mass is 394 g/mol. The zero-order chi connectivity index (χ0) is 20.4. The summed E-state index contributed by atoms with van der Waals surface area (Å²) in [5, 5.41) is 0. The maximum absolute atomic E-state index is 14.3. The number of ether oxygens (including phenoxy) is 1. The average Bonchev–Trinajstić information content (AvgIpc) is 2.71. The van der Waals surface area contributed by atoms with Crippen LogP contribution in [0.4, 0.5) is 8.78 Å².